The summed E-state index contributed by atoms with van der Waals surface area (Å²) in [5, 5.41) is 29.0. The highest BCUT2D eigenvalue weighted by Gasteiger charge is 2.48. The maximum absolute atomic E-state index is 10.1. The quantitative estimate of drug-likeness (QED) is 0.321. The summed E-state index contributed by atoms with van der Waals surface area (Å²) in [5.74, 6) is 0.876. The summed E-state index contributed by atoms with van der Waals surface area (Å²) < 4.78 is 38.2. The minimum atomic E-state index is -4.69. The molecule has 2 aliphatic heterocycles. The maximum atomic E-state index is 10.1. The van der Waals surface area contributed by atoms with Gasteiger partial charge in [-0.25, -0.2) is 9.97 Å². The number of aliphatic hydroxyl groups excluding tert-OH is 3. The van der Waals surface area contributed by atoms with Crippen molar-refractivity contribution >= 4 is 17.3 Å². The fourth-order valence-corrected chi connectivity index (χ4v) is 2.66. The molecule has 0 bridgehead atoms. The van der Waals surface area contributed by atoms with Crippen LogP contribution >= 0.6 is 0 Å². The monoisotopic (exact) mass is 383 g/mol. The lowest BCUT2D eigenvalue weighted by Crippen LogP contribution is -2.58. The lowest BCUT2D eigenvalue weighted by atomic mass is 10.1. The molecule has 1 aromatic rings. The van der Waals surface area contributed by atoms with Crippen LogP contribution in [0.4, 0.5) is 17.3 Å². The van der Waals surface area contributed by atoms with Crippen molar-refractivity contribution in [2.24, 2.45) is 0 Å². The molecule has 0 aromatic carbocycles. The smallest absolute Gasteiger partial charge is 0.162 e. The van der Waals surface area contributed by atoms with Crippen LogP contribution < -0.4 is 29.5 Å². The molecule has 2 aliphatic rings. The maximum Gasteiger partial charge on any atom is 0.162 e. The average molecular weight is 384 g/mol. The number of nitrogens with two attached hydrogens (primary N) is 1. The van der Waals surface area contributed by atoms with Crippen molar-refractivity contribution in [2.45, 2.75) is 24.5 Å². The van der Waals surface area contributed by atoms with E-state index in [4.69, 9.17) is 34.2 Å². The van der Waals surface area contributed by atoms with Crippen molar-refractivity contribution in [1.29, 1.82) is 0 Å². The number of ether oxygens (including phenoxy) is 1. The Morgan fingerprint density at radius 1 is 1.32 bits per heavy atom. The Kier molecular flexibility index (Phi) is 5.82. The van der Waals surface area contributed by atoms with E-state index in [0.29, 0.717) is 24.0 Å². The number of nitrogen functional groups attached to an aromatic ring is 1. The van der Waals surface area contributed by atoms with E-state index in [0.717, 1.165) is 0 Å². The average Bonchev–Trinajstić information content (AvgIpc) is 2.97. The standard InChI is InChI=1S/C11H17N5O4.ClHO4/c1-15-4-16(10-6(15)9(12)13-3-14-10)11-8(19)7(18)5(2-17)20-11;2-1(3,4)5/h3,5,7-8,11,17-19H,2,4H2,1H3,(H2,12,13,14);(H,2,3,4,5)/t5-,7-,8-,11-;/m1./s1. The molecule has 1 saturated heterocycles. The number of hydrogen-bond acceptors (Lipinski definition) is 13. The van der Waals surface area contributed by atoms with Crippen LogP contribution in [0.25, 0.3) is 0 Å². The SMILES string of the molecule is CN1CN([C@@H]2O[C@H](CO)[C@@H](O)[C@H]2O)c2ncnc(N)c21.[O-][Cl+3]([O-])([O-])O. The van der Waals surface area contributed by atoms with E-state index in [1.807, 2.05) is 11.9 Å². The highest BCUT2D eigenvalue weighted by atomic mass is 35.7. The fourth-order valence-electron chi connectivity index (χ4n) is 2.66. The van der Waals surface area contributed by atoms with Crippen molar-refractivity contribution in [3.05, 3.63) is 6.33 Å². The number of fused-ring (bicyclic) bond motifs is 1. The van der Waals surface area contributed by atoms with Gasteiger partial charge in [0.25, 0.3) is 0 Å². The van der Waals surface area contributed by atoms with E-state index < -0.39 is 34.8 Å². The summed E-state index contributed by atoms with van der Waals surface area (Å²) in [7, 11) is -2.88. The van der Waals surface area contributed by atoms with E-state index in [-0.39, 0.29) is 6.61 Å². The van der Waals surface area contributed by atoms with Gasteiger partial charge >= 0.3 is 0 Å². The van der Waals surface area contributed by atoms with Gasteiger partial charge in [0, 0.05) is 7.05 Å². The second-order valence-electron chi connectivity index (χ2n) is 5.37. The second-order valence-corrected chi connectivity index (χ2v) is 6.16. The van der Waals surface area contributed by atoms with Crippen molar-refractivity contribution in [1.82, 2.24) is 9.97 Å². The first-order valence-corrected chi connectivity index (χ1v) is 8.15. The summed E-state index contributed by atoms with van der Waals surface area (Å²) in [6.45, 7) is 0.0298. The second kappa shape index (κ2) is 7.36. The number of anilines is 3. The molecule has 14 heteroatoms. The minimum absolute atomic E-state index is 0.340. The molecule has 25 heavy (non-hydrogen) atoms. The summed E-state index contributed by atoms with van der Waals surface area (Å²) in [4.78, 5) is 11.6. The highest BCUT2D eigenvalue weighted by Crippen LogP contribution is 2.39. The number of aliphatic hydroxyl groups is 3. The van der Waals surface area contributed by atoms with Gasteiger partial charge in [0.05, 0.1) is 28.2 Å². The van der Waals surface area contributed by atoms with E-state index in [2.05, 4.69) is 9.97 Å². The van der Waals surface area contributed by atoms with Crippen molar-refractivity contribution in [3.63, 3.8) is 0 Å². The van der Waals surface area contributed by atoms with Crippen LogP contribution in [-0.4, -0.2) is 74.8 Å². The first-order valence-electron chi connectivity index (χ1n) is 6.88. The molecule has 142 valence electrons. The zero-order valence-corrected chi connectivity index (χ0v) is 13.7. The molecule has 4 atom stereocenters. The van der Waals surface area contributed by atoms with Gasteiger partial charge in [-0.1, -0.05) is 0 Å². The third-order valence-corrected chi connectivity index (χ3v) is 3.67. The molecule has 0 amide bonds. The molecule has 3 rings (SSSR count). The topological polar surface area (TPSA) is 218 Å². The van der Waals surface area contributed by atoms with Crippen molar-refractivity contribution in [3.8, 4) is 0 Å². The van der Waals surface area contributed by atoms with Crippen LogP contribution in [0.15, 0.2) is 6.33 Å². The van der Waals surface area contributed by atoms with Crippen molar-refractivity contribution in [2.75, 3.05) is 35.9 Å². The van der Waals surface area contributed by atoms with Gasteiger partial charge in [0.1, 0.15) is 30.3 Å². The number of halogens is 1. The van der Waals surface area contributed by atoms with E-state index in [9.17, 15) is 10.2 Å². The summed E-state index contributed by atoms with van der Waals surface area (Å²) in [6.07, 6.45) is -2.55. The Morgan fingerprint density at radius 2 is 1.92 bits per heavy atom. The highest BCUT2D eigenvalue weighted by molar-refractivity contribution is 5.81. The van der Waals surface area contributed by atoms with Gasteiger partial charge in [-0.15, -0.1) is 0 Å². The number of aromatic nitrogens is 2. The predicted octanol–water partition coefficient (Wildman–Crippen LogP) is -6.41. The zero-order chi connectivity index (χ0) is 18.9. The first kappa shape index (κ1) is 19.8. The summed E-state index contributed by atoms with van der Waals surface area (Å²) >= 11 is 0. The molecular weight excluding hydrogens is 366 g/mol. The Hall–Kier alpha value is -1.55. The Bertz CT molecular complexity index is 598. The van der Waals surface area contributed by atoms with Crippen LogP contribution in [0.5, 0.6) is 0 Å². The molecule has 6 N–H and O–H groups in total. The van der Waals surface area contributed by atoms with E-state index in [1.54, 1.807) is 4.90 Å². The number of nitrogens with zero attached hydrogens (tertiary/aromatic N) is 4. The van der Waals surface area contributed by atoms with Crippen LogP contribution in [0.2, 0.25) is 0 Å². The number of rotatable bonds is 2. The molecule has 1 fully saturated rings. The molecule has 1 aromatic heterocycles. The Morgan fingerprint density at radius 3 is 2.44 bits per heavy atom. The van der Waals surface area contributed by atoms with Crippen LogP contribution in [0.1, 0.15) is 0 Å². The molecule has 13 nitrogen and oxygen atoms in total. The van der Waals surface area contributed by atoms with Crippen LogP contribution in [-0.2, 0) is 4.74 Å². The largest absolute Gasteiger partial charge is 0.394 e. The van der Waals surface area contributed by atoms with Gasteiger partial charge in [0.2, 0.25) is 0 Å². The minimum Gasteiger partial charge on any atom is -0.394 e. The zero-order valence-electron chi connectivity index (χ0n) is 13.0. The molecular formula is C11H18ClN5O8. The molecule has 0 spiro atoms. The van der Waals surface area contributed by atoms with Crippen molar-refractivity contribution < 1.29 is 48.9 Å². The Balaban J connectivity index is 0.000000399. The normalized spacial score (nSPS) is 28.6. The van der Waals surface area contributed by atoms with Crippen LogP contribution in [0, 0.1) is 10.2 Å². The van der Waals surface area contributed by atoms with Gasteiger partial charge in [0.15, 0.2) is 17.9 Å². The lowest BCUT2D eigenvalue weighted by Gasteiger charge is -2.27. The molecule has 0 saturated carbocycles. The molecule has 0 unspecified atom stereocenters. The van der Waals surface area contributed by atoms with Crippen LogP contribution in [0.3, 0.4) is 0 Å². The van der Waals surface area contributed by atoms with Gasteiger partial charge in [-0.05, 0) is 0 Å². The molecule has 3 heterocycles. The lowest BCUT2D eigenvalue weighted by molar-refractivity contribution is -1.92. The molecule has 0 aliphatic carbocycles. The summed E-state index contributed by atoms with van der Waals surface area (Å²) in [6, 6.07) is 0. The molecule has 0 radical (unpaired) electrons. The van der Waals surface area contributed by atoms with E-state index >= 15 is 0 Å². The fraction of sp³-hybridized carbons (Fsp3) is 0.636. The Labute approximate surface area is 143 Å². The third kappa shape index (κ3) is 4.35. The first-order chi connectivity index (χ1) is 11.5. The predicted molar refractivity (Wildman–Crippen MR) is 72.2 cm³/mol. The van der Waals surface area contributed by atoms with Gasteiger partial charge < -0.3 is 35.6 Å². The summed E-state index contributed by atoms with van der Waals surface area (Å²) in [5.41, 5.74) is 6.48. The third-order valence-electron chi connectivity index (χ3n) is 3.67. The van der Waals surface area contributed by atoms with Gasteiger partial charge in [-0.3, -0.25) is 0 Å². The number of hydrogen-bond donors (Lipinski definition) is 5. The van der Waals surface area contributed by atoms with Gasteiger partial charge in [-0.2, -0.15) is 14.0 Å². The van der Waals surface area contributed by atoms with E-state index in [1.165, 1.54) is 6.33 Å².